The summed E-state index contributed by atoms with van der Waals surface area (Å²) in [5, 5.41) is 15.9. The SMILES string of the molecule is C=CC(=O)OCCNC(=O)OCC(CSc1c(F)c(F)c(S(=O)(=O)NS(=O)(=O)c2ccccc2-c2c3cc/c(=N/c4c(CC(C)C)cccc4CC(C)C)cc-3oc3cc(Nc4c(CC(C)C)cccc4CC(C)C)ccc23)c(F)c1F)OCCC(=O)O. The van der Waals surface area contributed by atoms with Crippen LogP contribution in [-0.2, 0) is 69.5 Å². The number of carbonyl (C=O) groups excluding carboxylic acids is 2. The number of ether oxygens (including phenoxy) is 3. The van der Waals surface area contributed by atoms with Crippen molar-refractivity contribution < 1.29 is 72.5 Å². The molecule has 470 valence electrons. The first-order valence-corrected chi connectivity index (χ1v) is 32.6. The Hall–Kier alpha value is -7.57. The molecule has 7 rings (SSSR count). The molecule has 0 spiro atoms. The van der Waals surface area contributed by atoms with E-state index in [9.17, 15) is 31.2 Å². The topological polar surface area (TPSA) is 229 Å². The summed E-state index contributed by atoms with van der Waals surface area (Å²) >= 11 is 0.0583. The molecular formula is C65H72F4N4O12S3. The van der Waals surface area contributed by atoms with Gasteiger partial charge in [0, 0.05) is 57.4 Å². The van der Waals surface area contributed by atoms with Crippen LogP contribution in [0.4, 0.5) is 39.4 Å². The number of nitrogens with zero attached hydrogens (tertiary/aromatic N) is 1. The number of hydrogen-bond donors (Lipinski definition) is 4. The van der Waals surface area contributed by atoms with E-state index in [0.717, 1.165) is 71.5 Å². The van der Waals surface area contributed by atoms with Crippen molar-refractivity contribution in [2.24, 2.45) is 28.7 Å². The minimum Gasteiger partial charge on any atom is -0.481 e. The zero-order valence-corrected chi connectivity index (χ0v) is 52.6. The molecule has 23 heteroatoms. The van der Waals surface area contributed by atoms with Crippen LogP contribution in [0.25, 0.3) is 33.4 Å². The number of halogens is 4. The second-order valence-electron chi connectivity index (χ2n) is 22.7. The molecule has 0 saturated heterocycles. The van der Waals surface area contributed by atoms with E-state index in [-0.39, 0.29) is 47.4 Å². The Morgan fingerprint density at radius 2 is 1.28 bits per heavy atom. The molecule has 16 nitrogen and oxygen atoms in total. The van der Waals surface area contributed by atoms with Crippen LogP contribution in [0.15, 0.2) is 134 Å². The highest BCUT2D eigenvalue weighted by Crippen LogP contribution is 2.44. The highest BCUT2D eigenvalue weighted by molar-refractivity contribution is 8.04. The van der Waals surface area contributed by atoms with E-state index in [2.05, 4.69) is 96.9 Å². The van der Waals surface area contributed by atoms with Crippen LogP contribution in [-0.4, -0.2) is 78.2 Å². The van der Waals surface area contributed by atoms with E-state index in [1.165, 1.54) is 22.3 Å². The lowest BCUT2D eigenvalue weighted by molar-refractivity contribution is -0.139. The maximum Gasteiger partial charge on any atom is 0.407 e. The highest BCUT2D eigenvalue weighted by Gasteiger charge is 2.38. The molecule has 0 radical (unpaired) electrons. The highest BCUT2D eigenvalue weighted by atomic mass is 32.3. The summed E-state index contributed by atoms with van der Waals surface area (Å²) in [6.07, 6.45) is 0.933. The number of hydrogen-bond acceptors (Lipinski definition) is 14. The Morgan fingerprint density at radius 1 is 0.693 bits per heavy atom. The third kappa shape index (κ3) is 17.4. The maximum absolute atomic E-state index is 16.2. The first kappa shape index (κ1) is 67.9. The summed E-state index contributed by atoms with van der Waals surface area (Å²) in [7, 11) is -11.6. The number of benzene rings is 6. The van der Waals surface area contributed by atoms with Gasteiger partial charge in [-0.2, -0.15) is 0 Å². The third-order valence-corrected chi connectivity index (χ3v) is 18.3. The van der Waals surface area contributed by atoms with E-state index in [4.69, 9.17) is 28.7 Å². The van der Waals surface area contributed by atoms with Gasteiger partial charge in [-0.1, -0.05) is 117 Å². The normalized spacial score (nSPS) is 12.6. The lowest BCUT2D eigenvalue weighted by Gasteiger charge is -2.21. The summed E-state index contributed by atoms with van der Waals surface area (Å²) in [5.74, 6) is -10.6. The van der Waals surface area contributed by atoms with Crippen molar-refractivity contribution in [2.75, 3.05) is 37.4 Å². The molecule has 1 aliphatic carbocycles. The third-order valence-electron chi connectivity index (χ3n) is 13.6. The Balaban J connectivity index is 1.30. The lowest BCUT2D eigenvalue weighted by Crippen LogP contribution is -2.33. The predicted molar refractivity (Wildman–Crippen MR) is 331 cm³/mol. The largest absolute Gasteiger partial charge is 0.481 e. The van der Waals surface area contributed by atoms with Gasteiger partial charge in [0.1, 0.15) is 30.7 Å². The number of carbonyl (C=O) groups is 3. The number of carboxylic acids is 1. The van der Waals surface area contributed by atoms with Gasteiger partial charge in [-0.05, 0) is 102 Å². The van der Waals surface area contributed by atoms with Gasteiger partial charge in [-0.15, -0.1) is 15.9 Å². The fraction of sp³-hybridized carbons (Fsp3) is 0.354. The monoisotopic (exact) mass is 1270 g/mol. The fourth-order valence-corrected chi connectivity index (χ4v) is 14.1. The Morgan fingerprint density at radius 3 is 1.88 bits per heavy atom. The van der Waals surface area contributed by atoms with Crippen molar-refractivity contribution in [3.05, 3.63) is 161 Å². The van der Waals surface area contributed by atoms with E-state index >= 15 is 17.6 Å². The van der Waals surface area contributed by atoms with Gasteiger partial charge >= 0.3 is 18.0 Å². The average molecular weight is 1270 g/mol. The molecule has 5 aromatic rings. The zero-order valence-electron chi connectivity index (χ0n) is 50.1. The van der Waals surface area contributed by atoms with Crippen molar-refractivity contribution in [2.45, 2.75) is 108 Å². The molecule has 5 aromatic carbocycles. The molecule has 0 fully saturated rings. The van der Waals surface area contributed by atoms with Gasteiger partial charge in [-0.3, -0.25) is 4.79 Å². The van der Waals surface area contributed by atoms with Crippen LogP contribution in [0.2, 0.25) is 0 Å². The molecule has 2 aliphatic rings. The van der Waals surface area contributed by atoms with Crippen LogP contribution in [0.1, 0.15) is 84.1 Å². The molecule has 0 aromatic heterocycles. The summed E-state index contributed by atoms with van der Waals surface area (Å²) in [6, 6.07) is 28.1. The van der Waals surface area contributed by atoms with Gasteiger partial charge in [0.05, 0.1) is 40.4 Å². The second-order valence-corrected chi connectivity index (χ2v) is 27.3. The number of fused-ring (bicyclic) bond motifs is 2. The van der Waals surface area contributed by atoms with Gasteiger partial charge in [0.15, 0.2) is 28.2 Å². The van der Waals surface area contributed by atoms with Crippen LogP contribution in [0.3, 0.4) is 0 Å². The van der Waals surface area contributed by atoms with Gasteiger partial charge < -0.3 is 34.4 Å². The van der Waals surface area contributed by atoms with Crippen LogP contribution < -0.4 is 20.1 Å². The molecule has 1 aliphatic heterocycles. The molecule has 1 atom stereocenters. The molecule has 4 N–H and O–H groups in total. The van der Waals surface area contributed by atoms with Gasteiger partial charge in [-0.25, -0.2) is 49.0 Å². The number of nitrogens with one attached hydrogen (secondary N) is 3. The molecule has 0 saturated carbocycles. The Bertz CT molecular complexity index is 3900. The van der Waals surface area contributed by atoms with Crippen molar-refractivity contribution in [1.82, 2.24) is 9.44 Å². The van der Waals surface area contributed by atoms with Crippen molar-refractivity contribution >= 4 is 77.9 Å². The van der Waals surface area contributed by atoms with E-state index in [1.54, 1.807) is 36.4 Å². The zero-order chi connectivity index (χ0) is 64.2. The minimum absolute atomic E-state index is 0.0583. The number of anilines is 2. The van der Waals surface area contributed by atoms with Gasteiger partial charge in [0.2, 0.25) is 0 Å². The summed E-state index contributed by atoms with van der Waals surface area (Å²) in [5.41, 5.74) is 7.49. The molecule has 0 bridgehead atoms. The standard InChI is InChI=1S/C65H72F4N4O12S3/c1-10-55(76)83-28-26-70-65(77)84-35-47(82-27-25-54(74)75)36-86-63-57(66)59(68)64(60(69)58(63)67)88(80,81)73-87(78,79)53-20-12-11-19-50(53)56-48-23-21-45(71-61-41(29-37(2)3)15-13-16-42(61)30-38(4)5)33-51(48)85-52-34-46(22-24-49(52)56)72-62-43(31-39(6)7)17-14-18-44(62)32-40(8)9/h10-24,33-34,37-40,47,71,73H,1,25-32,35-36H2,2-9H3,(H,70,77)(H,74,75)/b72-46-. The number of aliphatic carboxylic acids is 1. The van der Waals surface area contributed by atoms with E-state index in [1.807, 2.05) is 12.1 Å². The van der Waals surface area contributed by atoms with Crippen molar-refractivity contribution in [3.63, 3.8) is 0 Å². The van der Waals surface area contributed by atoms with Crippen LogP contribution in [0, 0.1) is 46.9 Å². The van der Waals surface area contributed by atoms with Crippen LogP contribution in [0.5, 0.6) is 0 Å². The Labute approximate surface area is 514 Å². The van der Waals surface area contributed by atoms with Crippen molar-refractivity contribution in [3.8, 4) is 22.5 Å². The Kier molecular flexibility index (Phi) is 23.2. The lowest BCUT2D eigenvalue weighted by atomic mass is 9.93. The molecule has 1 heterocycles. The first-order valence-electron chi connectivity index (χ1n) is 28.6. The number of thioether (sulfide) groups is 1. The summed E-state index contributed by atoms with van der Waals surface area (Å²) in [6.45, 7) is 18.6. The number of amides is 1. The minimum atomic E-state index is -6.07. The number of esters is 1. The van der Waals surface area contributed by atoms with Crippen molar-refractivity contribution in [1.29, 1.82) is 0 Å². The maximum atomic E-state index is 16.2. The number of alkyl carbamates (subject to hydrolysis) is 1. The number of sulfonamides is 2. The molecule has 1 unspecified atom stereocenters. The van der Waals surface area contributed by atoms with Gasteiger partial charge in [0.25, 0.3) is 20.0 Å². The quantitative estimate of drug-likeness (QED) is 0.00650. The number of rotatable bonds is 29. The number of para-hydroxylation sites is 2. The van der Waals surface area contributed by atoms with E-state index < -0.39 is 108 Å². The molecule has 88 heavy (non-hydrogen) atoms. The smallest absolute Gasteiger partial charge is 0.407 e. The number of carboxylic acid groups (broad SMARTS) is 1. The first-order chi connectivity index (χ1) is 41.7. The average Bonchev–Trinajstić information content (AvgIpc) is 2.51. The summed E-state index contributed by atoms with van der Waals surface area (Å²) in [4.78, 5) is 35.6. The van der Waals surface area contributed by atoms with Crippen LogP contribution >= 0.6 is 11.8 Å². The van der Waals surface area contributed by atoms with E-state index in [0.29, 0.717) is 45.7 Å². The predicted octanol–water partition coefficient (Wildman–Crippen LogP) is 13.6. The fourth-order valence-electron chi connectivity index (χ4n) is 9.93. The second kappa shape index (κ2) is 30.1. The molecular weight excluding hydrogens is 1200 g/mol. The summed E-state index contributed by atoms with van der Waals surface area (Å²) < 4.78 is 145. The molecule has 1 amide bonds.